The molecule has 7 heteroatoms. The van der Waals surface area contributed by atoms with Crippen LogP contribution in [0.4, 0.5) is 17.5 Å². The van der Waals surface area contributed by atoms with Crippen molar-refractivity contribution >= 4 is 29.1 Å². The Bertz CT molecular complexity index is 949. The largest absolute Gasteiger partial charge is 0.454 e. The first-order valence-corrected chi connectivity index (χ1v) is 8.54. The van der Waals surface area contributed by atoms with Crippen LogP contribution >= 0.6 is 11.6 Å². The van der Waals surface area contributed by atoms with E-state index in [0.29, 0.717) is 23.3 Å². The molecule has 0 fully saturated rings. The van der Waals surface area contributed by atoms with E-state index in [4.69, 9.17) is 21.1 Å². The summed E-state index contributed by atoms with van der Waals surface area (Å²) >= 11 is 6.00. The number of fused-ring (bicyclic) bond motifs is 1. The minimum Gasteiger partial charge on any atom is -0.454 e. The van der Waals surface area contributed by atoms with E-state index in [-0.39, 0.29) is 6.79 Å². The molecule has 1 aliphatic rings. The summed E-state index contributed by atoms with van der Waals surface area (Å²) in [5, 5.41) is 7.22. The monoisotopic (exact) mass is 368 g/mol. The molecule has 4 rings (SSSR count). The second-order valence-electron chi connectivity index (χ2n) is 5.89. The molecule has 0 aliphatic carbocycles. The van der Waals surface area contributed by atoms with Crippen molar-refractivity contribution in [2.24, 2.45) is 0 Å². The molecule has 132 valence electrons. The van der Waals surface area contributed by atoms with E-state index >= 15 is 0 Å². The van der Waals surface area contributed by atoms with Gasteiger partial charge in [0.1, 0.15) is 5.82 Å². The summed E-state index contributed by atoms with van der Waals surface area (Å²) in [7, 11) is 0. The Labute approximate surface area is 156 Å². The van der Waals surface area contributed by atoms with Gasteiger partial charge in [-0.15, -0.1) is 0 Å². The van der Waals surface area contributed by atoms with Crippen LogP contribution in [-0.2, 0) is 6.54 Å². The molecular formula is C19H17ClN4O2. The number of rotatable bonds is 5. The first-order valence-electron chi connectivity index (χ1n) is 8.16. The molecule has 0 amide bonds. The van der Waals surface area contributed by atoms with Crippen LogP contribution in [-0.4, -0.2) is 16.8 Å². The van der Waals surface area contributed by atoms with Crippen molar-refractivity contribution in [1.29, 1.82) is 0 Å². The molecule has 2 heterocycles. The van der Waals surface area contributed by atoms with E-state index in [0.717, 1.165) is 28.3 Å². The first-order chi connectivity index (χ1) is 12.7. The zero-order chi connectivity index (χ0) is 17.9. The van der Waals surface area contributed by atoms with Gasteiger partial charge in [0.25, 0.3) is 0 Å². The van der Waals surface area contributed by atoms with E-state index in [1.165, 1.54) is 0 Å². The summed E-state index contributed by atoms with van der Waals surface area (Å²) < 4.78 is 10.7. The third kappa shape index (κ3) is 3.65. The Kier molecular flexibility index (Phi) is 4.50. The zero-order valence-electron chi connectivity index (χ0n) is 14.1. The van der Waals surface area contributed by atoms with Gasteiger partial charge >= 0.3 is 0 Å². The molecule has 1 aromatic heterocycles. The van der Waals surface area contributed by atoms with Crippen molar-refractivity contribution in [3.8, 4) is 11.5 Å². The second-order valence-corrected chi connectivity index (χ2v) is 6.33. The SMILES string of the molecule is Cc1cc(Cl)ccc1Nc1ccnc(NCc2ccc3c(c2)OCO3)n1. The summed E-state index contributed by atoms with van der Waals surface area (Å²) in [5.41, 5.74) is 3.06. The van der Waals surface area contributed by atoms with E-state index in [9.17, 15) is 0 Å². The standard InChI is InChI=1S/C19H17ClN4O2/c1-12-8-14(20)3-4-15(12)23-18-6-7-21-19(24-18)22-10-13-2-5-16-17(9-13)26-11-25-16/h2-9H,10-11H2,1H3,(H2,21,22,23,24). The number of aryl methyl sites for hydroxylation is 1. The van der Waals surface area contributed by atoms with Gasteiger partial charge < -0.3 is 20.1 Å². The van der Waals surface area contributed by atoms with Crippen LogP contribution in [0.3, 0.4) is 0 Å². The molecule has 0 saturated carbocycles. The number of benzene rings is 2. The number of nitrogens with one attached hydrogen (secondary N) is 2. The molecule has 0 unspecified atom stereocenters. The molecule has 2 aromatic carbocycles. The van der Waals surface area contributed by atoms with Gasteiger partial charge in [0.2, 0.25) is 12.7 Å². The molecule has 0 bridgehead atoms. The molecule has 1 aliphatic heterocycles. The number of anilines is 3. The number of nitrogens with zero attached hydrogens (tertiary/aromatic N) is 2. The maximum atomic E-state index is 6.00. The van der Waals surface area contributed by atoms with Gasteiger partial charge in [-0.05, 0) is 54.4 Å². The normalized spacial score (nSPS) is 12.1. The predicted molar refractivity (Wildman–Crippen MR) is 101 cm³/mol. The van der Waals surface area contributed by atoms with Gasteiger partial charge in [0, 0.05) is 23.5 Å². The molecule has 6 nitrogen and oxygen atoms in total. The smallest absolute Gasteiger partial charge is 0.231 e. The van der Waals surface area contributed by atoms with E-state index < -0.39 is 0 Å². The molecule has 2 N–H and O–H groups in total. The van der Waals surface area contributed by atoms with Crippen LogP contribution in [0.5, 0.6) is 11.5 Å². The average Bonchev–Trinajstić information content (AvgIpc) is 3.10. The Morgan fingerprint density at radius 2 is 1.96 bits per heavy atom. The quantitative estimate of drug-likeness (QED) is 0.690. The summed E-state index contributed by atoms with van der Waals surface area (Å²) in [6.07, 6.45) is 1.71. The number of halogens is 1. The molecule has 3 aromatic rings. The van der Waals surface area contributed by atoms with Crippen LogP contribution in [0.2, 0.25) is 5.02 Å². The first kappa shape index (κ1) is 16.5. The van der Waals surface area contributed by atoms with E-state index in [1.807, 2.05) is 49.4 Å². The van der Waals surface area contributed by atoms with Gasteiger partial charge in [-0.2, -0.15) is 4.98 Å². The third-order valence-electron chi connectivity index (χ3n) is 3.99. The number of aromatic nitrogens is 2. The molecule has 0 radical (unpaired) electrons. The summed E-state index contributed by atoms with van der Waals surface area (Å²) in [6.45, 7) is 2.85. The fourth-order valence-corrected chi connectivity index (χ4v) is 2.88. The van der Waals surface area contributed by atoms with Crippen LogP contribution in [0.15, 0.2) is 48.7 Å². The van der Waals surface area contributed by atoms with Crippen molar-refractivity contribution in [3.05, 3.63) is 64.8 Å². The summed E-state index contributed by atoms with van der Waals surface area (Å²) in [5.74, 6) is 2.78. The number of hydrogen-bond acceptors (Lipinski definition) is 6. The second kappa shape index (κ2) is 7.09. The summed E-state index contributed by atoms with van der Waals surface area (Å²) in [6, 6.07) is 13.3. The van der Waals surface area contributed by atoms with Gasteiger partial charge in [-0.25, -0.2) is 4.98 Å². The number of hydrogen-bond donors (Lipinski definition) is 2. The Morgan fingerprint density at radius 1 is 1.08 bits per heavy atom. The van der Waals surface area contributed by atoms with Gasteiger partial charge in [0.05, 0.1) is 0 Å². The topological polar surface area (TPSA) is 68.3 Å². The zero-order valence-corrected chi connectivity index (χ0v) is 14.9. The Morgan fingerprint density at radius 3 is 2.85 bits per heavy atom. The lowest BCUT2D eigenvalue weighted by molar-refractivity contribution is 0.174. The van der Waals surface area contributed by atoms with Crippen LogP contribution in [0.25, 0.3) is 0 Å². The van der Waals surface area contributed by atoms with E-state index in [2.05, 4.69) is 20.6 Å². The Balaban J connectivity index is 1.44. The average molecular weight is 369 g/mol. The van der Waals surface area contributed by atoms with Crippen molar-refractivity contribution in [1.82, 2.24) is 9.97 Å². The highest BCUT2D eigenvalue weighted by molar-refractivity contribution is 6.30. The predicted octanol–water partition coefficient (Wildman–Crippen LogP) is 4.52. The molecule has 0 saturated heterocycles. The molecular weight excluding hydrogens is 352 g/mol. The highest BCUT2D eigenvalue weighted by atomic mass is 35.5. The lowest BCUT2D eigenvalue weighted by atomic mass is 10.2. The van der Waals surface area contributed by atoms with Crippen molar-refractivity contribution in [3.63, 3.8) is 0 Å². The minimum atomic E-state index is 0.271. The number of ether oxygens (including phenoxy) is 2. The minimum absolute atomic E-state index is 0.271. The Hall–Kier alpha value is -2.99. The lowest BCUT2D eigenvalue weighted by Gasteiger charge is -2.11. The third-order valence-corrected chi connectivity index (χ3v) is 4.23. The van der Waals surface area contributed by atoms with Gasteiger partial charge in [-0.3, -0.25) is 0 Å². The summed E-state index contributed by atoms with van der Waals surface area (Å²) in [4.78, 5) is 8.76. The van der Waals surface area contributed by atoms with Crippen molar-refractivity contribution in [2.75, 3.05) is 17.4 Å². The maximum Gasteiger partial charge on any atom is 0.231 e. The lowest BCUT2D eigenvalue weighted by Crippen LogP contribution is -2.05. The highest BCUT2D eigenvalue weighted by Gasteiger charge is 2.13. The van der Waals surface area contributed by atoms with Crippen LogP contribution in [0, 0.1) is 6.92 Å². The van der Waals surface area contributed by atoms with Crippen LogP contribution in [0.1, 0.15) is 11.1 Å². The molecule has 0 spiro atoms. The maximum absolute atomic E-state index is 6.00. The van der Waals surface area contributed by atoms with E-state index in [1.54, 1.807) is 6.20 Å². The van der Waals surface area contributed by atoms with Gasteiger partial charge in [-0.1, -0.05) is 17.7 Å². The fourth-order valence-electron chi connectivity index (χ4n) is 2.65. The highest BCUT2D eigenvalue weighted by Crippen LogP contribution is 2.32. The molecule has 26 heavy (non-hydrogen) atoms. The fraction of sp³-hybridized carbons (Fsp3) is 0.158. The van der Waals surface area contributed by atoms with Crippen molar-refractivity contribution in [2.45, 2.75) is 13.5 Å². The molecule has 0 atom stereocenters. The van der Waals surface area contributed by atoms with Crippen LogP contribution < -0.4 is 20.1 Å². The van der Waals surface area contributed by atoms with Gasteiger partial charge in [0.15, 0.2) is 11.5 Å². The van der Waals surface area contributed by atoms with Crippen molar-refractivity contribution < 1.29 is 9.47 Å².